The molecule has 0 aliphatic heterocycles. The summed E-state index contributed by atoms with van der Waals surface area (Å²) in [4.78, 5) is 6.26. The van der Waals surface area contributed by atoms with Gasteiger partial charge in [-0.2, -0.15) is 0 Å². The number of pyridine rings is 1. The average molecular weight is 288 g/mol. The fourth-order valence-electron chi connectivity index (χ4n) is 2.15. The molecule has 5 heteroatoms. The Hall–Kier alpha value is -2.43. The molecule has 0 atom stereocenters. The second kappa shape index (κ2) is 6.35. The van der Waals surface area contributed by atoms with Gasteiger partial charge in [0.15, 0.2) is 11.5 Å². The molecule has 0 N–H and O–H groups in total. The highest BCUT2D eigenvalue weighted by molar-refractivity contribution is 5.69. The van der Waals surface area contributed by atoms with Gasteiger partial charge in [-0.05, 0) is 19.1 Å². The Bertz CT molecular complexity index is 604. The van der Waals surface area contributed by atoms with Gasteiger partial charge in [0.25, 0.3) is 0 Å². The summed E-state index contributed by atoms with van der Waals surface area (Å²) < 4.78 is 16.1. The van der Waals surface area contributed by atoms with Gasteiger partial charge in [-0.3, -0.25) is 4.98 Å². The minimum absolute atomic E-state index is 0.586. The highest BCUT2D eigenvalue weighted by Crippen LogP contribution is 2.42. The summed E-state index contributed by atoms with van der Waals surface area (Å²) in [7, 11) is 6.79. The highest BCUT2D eigenvalue weighted by atomic mass is 16.5. The van der Waals surface area contributed by atoms with E-state index in [0.717, 1.165) is 17.1 Å². The number of aryl methyl sites for hydroxylation is 1. The van der Waals surface area contributed by atoms with Gasteiger partial charge < -0.3 is 19.1 Å². The van der Waals surface area contributed by atoms with Crippen LogP contribution in [-0.2, 0) is 0 Å². The van der Waals surface area contributed by atoms with Crippen LogP contribution in [0.3, 0.4) is 0 Å². The molecule has 0 fully saturated rings. The molecule has 0 amide bonds. The summed E-state index contributed by atoms with van der Waals surface area (Å²) in [5, 5.41) is 0. The maximum absolute atomic E-state index is 5.39. The molecule has 1 heterocycles. The first kappa shape index (κ1) is 15.0. The van der Waals surface area contributed by atoms with Crippen molar-refractivity contribution in [1.29, 1.82) is 0 Å². The first-order valence-electron chi connectivity index (χ1n) is 6.57. The molecule has 112 valence electrons. The van der Waals surface area contributed by atoms with E-state index in [0.29, 0.717) is 17.2 Å². The van der Waals surface area contributed by atoms with Gasteiger partial charge in [0, 0.05) is 42.4 Å². The van der Waals surface area contributed by atoms with E-state index in [4.69, 9.17) is 14.2 Å². The van der Waals surface area contributed by atoms with Gasteiger partial charge in [0.2, 0.25) is 5.75 Å². The van der Waals surface area contributed by atoms with E-state index in [1.54, 1.807) is 27.5 Å². The number of hydrogen-bond acceptors (Lipinski definition) is 5. The van der Waals surface area contributed by atoms with Gasteiger partial charge in [-0.15, -0.1) is 0 Å². The van der Waals surface area contributed by atoms with Crippen molar-refractivity contribution in [3.05, 3.63) is 36.2 Å². The van der Waals surface area contributed by atoms with Crippen molar-refractivity contribution in [3.63, 3.8) is 0 Å². The van der Waals surface area contributed by atoms with E-state index in [1.807, 2.05) is 43.1 Å². The molecule has 0 saturated carbocycles. The lowest BCUT2D eigenvalue weighted by Crippen LogP contribution is -2.10. The van der Waals surface area contributed by atoms with Crippen LogP contribution in [0.4, 0.5) is 11.4 Å². The van der Waals surface area contributed by atoms with Crippen molar-refractivity contribution in [3.8, 4) is 17.2 Å². The van der Waals surface area contributed by atoms with E-state index in [-0.39, 0.29) is 0 Å². The Morgan fingerprint density at radius 3 is 2.00 bits per heavy atom. The van der Waals surface area contributed by atoms with Gasteiger partial charge in [0.05, 0.1) is 21.3 Å². The third-order valence-corrected chi connectivity index (χ3v) is 3.30. The van der Waals surface area contributed by atoms with Crippen molar-refractivity contribution in [2.75, 3.05) is 33.3 Å². The molecule has 1 aromatic heterocycles. The van der Waals surface area contributed by atoms with E-state index < -0.39 is 0 Å². The maximum Gasteiger partial charge on any atom is 0.203 e. The molecule has 1 aromatic carbocycles. The molecule has 21 heavy (non-hydrogen) atoms. The van der Waals surface area contributed by atoms with Gasteiger partial charge in [-0.25, -0.2) is 0 Å². The maximum atomic E-state index is 5.39. The quantitative estimate of drug-likeness (QED) is 0.845. The second-order valence-electron chi connectivity index (χ2n) is 4.60. The van der Waals surface area contributed by atoms with Gasteiger partial charge in [0.1, 0.15) is 0 Å². The summed E-state index contributed by atoms with van der Waals surface area (Å²) >= 11 is 0. The van der Waals surface area contributed by atoms with Gasteiger partial charge >= 0.3 is 0 Å². The predicted octanol–water partition coefficient (Wildman–Crippen LogP) is 3.18. The fourth-order valence-corrected chi connectivity index (χ4v) is 2.15. The summed E-state index contributed by atoms with van der Waals surface area (Å²) in [6.45, 7) is 1.96. The second-order valence-corrected chi connectivity index (χ2v) is 4.60. The van der Waals surface area contributed by atoms with Crippen LogP contribution >= 0.6 is 0 Å². The smallest absolute Gasteiger partial charge is 0.203 e. The minimum atomic E-state index is 0.586. The normalized spacial score (nSPS) is 10.1. The molecule has 0 spiro atoms. The first-order chi connectivity index (χ1) is 10.1. The highest BCUT2D eigenvalue weighted by Gasteiger charge is 2.15. The predicted molar refractivity (Wildman–Crippen MR) is 83.1 cm³/mol. The van der Waals surface area contributed by atoms with E-state index in [2.05, 4.69) is 4.98 Å². The lowest BCUT2D eigenvalue weighted by Gasteiger charge is -2.22. The van der Waals surface area contributed by atoms with Crippen molar-refractivity contribution < 1.29 is 14.2 Å². The molecule has 0 saturated heterocycles. The lowest BCUT2D eigenvalue weighted by atomic mass is 10.2. The molecular formula is C16H20N2O3. The van der Waals surface area contributed by atoms with E-state index >= 15 is 0 Å². The topological polar surface area (TPSA) is 43.8 Å². The number of ether oxygens (including phenoxy) is 3. The zero-order valence-corrected chi connectivity index (χ0v) is 13.0. The van der Waals surface area contributed by atoms with E-state index in [9.17, 15) is 0 Å². The molecule has 0 unspecified atom stereocenters. The van der Waals surface area contributed by atoms with Gasteiger partial charge in [-0.1, -0.05) is 0 Å². The van der Waals surface area contributed by atoms with Crippen LogP contribution in [0.15, 0.2) is 30.5 Å². The Kier molecular flexibility index (Phi) is 4.52. The molecule has 0 radical (unpaired) electrons. The van der Waals surface area contributed by atoms with Crippen molar-refractivity contribution in [2.45, 2.75) is 6.92 Å². The minimum Gasteiger partial charge on any atom is -0.493 e. The summed E-state index contributed by atoms with van der Waals surface area (Å²) in [5.74, 6) is 1.84. The molecule has 0 bridgehead atoms. The standard InChI is InChI=1S/C16H20N2O3/c1-11-8-12(6-7-17-11)18(2)13-9-14(19-3)16(21-5)15(10-13)20-4/h6-10H,1-5H3. The average Bonchev–Trinajstić information content (AvgIpc) is 2.52. The number of nitrogens with zero attached hydrogens (tertiary/aromatic N) is 2. The number of anilines is 2. The van der Waals surface area contributed by atoms with Crippen molar-refractivity contribution in [1.82, 2.24) is 4.98 Å². The summed E-state index contributed by atoms with van der Waals surface area (Å²) in [5.41, 5.74) is 2.94. The van der Waals surface area contributed by atoms with Crippen LogP contribution in [0.1, 0.15) is 5.69 Å². The first-order valence-corrected chi connectivity index (χ1v) is 6.57. The van der Waals surface area contributed by atoms with Crippen LogP contribution in [0.2, 0.25) is 0 Å². The third-order valence-electron chi connectivity index (χ3n) is 3.30. The van der Waals surface area contributed by atoms with Crippen LogP contribution in [0, 0.1) is 6.92 Å². The molecule has 0 aliphatic carbocycles. The molecule has 0 aliphatic rings. The third kappa shape index (κ3) is 3.02. The molecule has 5 nitrogen and oxygen atoms in total. The lowest BCUT2D eigenvalue weighted by molar-refractivity contribution is 0.324. The Morgan fingerprint density at radius 1 is 0.905 bits per heavy atom. The number of hydrogen-bond donors (Lipinski definition) is 0. The van der Waals surface area contributed by atoms with Crippen molar-refractivity contribution in [2.24, 2.45) is 0 Å². The van der Waals surface area contributed by atoms with Crippen LogP contribution in [0.25, 0.3) is 0 Å². The number of methoxy groups -OCH3 is 3. The van der Waals surface area contributed by atoms with E-state index in [1.165, 1.54) is 0 Å². The SMILES string of the molecule is COc1cc(N(C)c2ccnc(C)c2)cc(OC)c1OC. The zero-order valence-electron chi connectivity index (χ0n) is 13.0. The zero-order chi connectivity index (χ0) is 15.4. The largest absolute Gasteiger partial charge is 0.493 e. The molecule has 2 aromatic rings. The molecular weight excluding hydrogens is 268 g/mol. The van der Waals surface area contributed by atoms with Crippen molar-refractivity contribution >= 4 is 11.4 Å². The number of rotatable bonds is 5. The molecule has 2 rings (SSSR count). The monoisotopic (exact) mass is 288 g/mol. The van der Waals surface area contributed by atoms with Crippen LogP contribution in [0.5, 0.6) is 17.2 Å². The fraction of sp³-hybridized carbons (Fsp3) is 0.312. The number of aromatic nitrogens is 1. The number of benzene rings is 1. The summed E-state index contributed by atoms with van der Waals surface area (Å²) in [6, 6.07) is 7.80. The van der Waals surface area contributed by atoms with Crippen LogP contribution in [-0.4, -0.2) is 33.4 Å². The summed E-state index contributed by atoms with van der Waals surface area (Å²) in [6.07, 6.45) is 1.79. The van der Waals surface area contributed by atoms with Crippen LogP contribution < -0.4 is 19.1 Å². The Balaban J connectivity index is 2.48. The Morgan fingerprint density at radius 2 is 1.52 bits per heavy atom. The Labute approximate surface area is 125 Å².